The van der Waals surface area contributed by atoms with Crippen LogP contribution >= 0.6 is 15.9 Å². The number of ether oxygens (including phenoxy) is 1. The van der Waals surface area contributed by atoms with Gasteiger partial charge in [-0.25, -0.2) is 0 Å². The number of hydrogen-bond acceptors (Lipinski definition) is 5. The van der Waals surface area contributed by atoms with Crippen LogP contribution in [0, 0.1) is 0 Å². The van der Waals surface area contributed by atoms with E-state index in [1.165, 1.54) is 29.2 Å². The number of fused-ring (bicyclic) bond motifs is 3. The molecule has 10 heteroatoms. The summed E-state index contributed by atoms with van der Waals surface area (Å²) in [5.41, 5.74) is 5.94. The maximum atomic E-state index is 16.1. The Morgan fingerprint density at radius 2 is 1.63 bits per heavy atom. The van der Waals surface area contributed by atoms with Crippen molar-refractivity contribution in [2.45, 2.75) is 81.8 Å². The number of rotatable bonds is 8. The number of aliphatic hydroxyl groups is 1. The predicted molar refractivity (Wildman–Crippen MR) is 156 cm³/mol. The summed E-state index contributed by atoms with van der Waals surface area (Å²) in [6.07, 6.45) is 0.636. The highest BCUT2D eigenvalue weighted by atomic mass is 79.9. The number of halogens is 3. The monoisotopic (exact) mass is 629 g/mol. The summed E-state index contributed by atoms with van der Waals surface area (Å²) < 4.78 is 38.5. The molecule has 2 bridgehead atoms. The average Bonchev–Trinajstić information content (AvgIpc) is 3.20. The Balaban J connectivity index is 1.42. The lowest BCUT2D eigenvalue weighted by atomic mass is 9.94. The normalized spacial score (nSPS) is 22.0. The van der Waals surface area contributed by atoms with Gasteiger partial charge in [-0.3, -0.25) is 9.59 Å². The van der Waals surface area contributed by atoms with E-state index in [2.05, 4.69) is 21.2 Å². The molecule has 218 valence electrons. The van der Waals surface area contributed by atoms with Crippen molar-refractivity contribution in [1.82, 2.24) is 10.2 Å². The van der Waals surface area contributed by atoms with Crippen LogP contribution in [0.2, 0.25) is 0 Å². The van der Waals surface area contributed by atoms with E-state index in [0.29, 0.717) is 35.9 Å². The van der Waals surface area contributed by atoms with E-state index in [1.807, 2.05) is 19.9 Å². The average molecular weight is 631 g/mol. The lowest BCUT2D eigenvalue weighted by Gasteiger charge is -2.41. The number of nitrogens with one attached hydrogen (secondary N) is 1. The molecular formula is C31H34BrF2N3O4. The zero-order valence-corrected chi connectivity index (χ0v) is 24.5. The van der Waals surface area contributed by atoms with Crippen molar-refractivity contribution in [1.29, 1.82) is 0 Å². The molecule has 2 unspecified atom stereocenters. The summed E-state index contributed by atoms with van der Waals surface area (Å²) in [6.45, 7) is 3.84. The number of hydrogen-bond donors (Lipinski definition) is 3. The highest BCUT2D eigenvalue weighted by molar-refractivity contribution is 9.10. The highest BCUT2D eigenvalue weighted by Gasteiger charge is 2.53. The van der Waals surface area contributed by atoms with E-state index in [0.717, 1.165) is 10.8 Å². The maximum Gasteiger partial charge on any atom is 0.302 e. The van der Waals surface area contributed by atoms with Gasteiger partial charge in [-0.1, -0.05) is 46.3 Å². The number of amides is 2. The van der Waals surface area contributed by atoms with Crippen molar-refractivity contribution in [3.05, 3.63) is 76.3 Å². The number of carbonyl (C=O) groups excluding carboxylic acids is 2. The smallest absolute Gasteiger partial charge is 0.302 e. The Bertz CT molecular complexity index is 1420. The Morgan fingerprint density at radius 1 is 1.02 bits per heavy atom. The minimum absolute atomic E-state index is 0.000277. The highest BCUT2D eigenvalue weighted by Crippen LogP contribution is 2.40. The second-order valence-corrected chi connectivity index (χ2v) is 12.2. The van der Waals surface area contributed by atoms with E-state index in [-0.39, 0.29) is 29.8 Å². The molecule has 0 radical (unpaired) electrons. The third-order valence-corrected chi connectivity index (χ3v) is 8.45. The summed E-state index contributed by atoms with van der Waals surface area (Å²) in [5, 5.41) is 14.8. The number of nitrogens with zero attached hydrogens (tertiary/aromatic N) is 1. The molecule has 7 nitrogen and oxygen atoms in total. The van der Waals surface area contributed by atoms with Gasteiger partial charge in [0.15, 0.2) is 12.1 Å². The van der Waals surface area contributed by atoms with Crippen LogP contribution in [-0.2, 0) is 15.5 Å². The molecule has 0 spiro atoms. The number of benzene rings is 3. The SMILES string of the molecule is CC(C)Oc1ccc2cc([C@@H](O)C(=O)N[C@@H](C(=O)N3C4CCC3CC(N)C4)C(F)(F)c3ccc(Br)cc3)ccc2c1. The van der Waals surface area contributed by atoms with Gasteiger partial charge in [0.2, 0.25) is 0 Å². The van der Waals surface area contributed by atoms with Gasteiger partial charge in [-0.2, -0.15) is 8.78 Å². The number of carbonyl (C=O) groups is 2. The van der Waals surface area contributed by atoms with Gasteiger partial charge in [0, 0.05) is 28.2 Å². The van der Waals surface area contributed by atoms with Gasteiger partial charge >= 0.3 is 5.92 Å². The Kier molecular flexibility index (Phi) is 8.36. The summed E-state index contributed by atoms with van der Waals surface area (Å²) >= 11 is 3.25. The molecular weight excluding hydrogens is 596 g/mol. The van der Waals surface area contributed by atoms with E-state index in [1.54, 1.807) is 30.3 Å². The van der Waals surface area contributed by atoms with Crippen molar-refractivity contribution < 1.29 is 28.2 Å². The van der Waals surface area contributed by atoms with Crippen molar-refractivity contribution in [3.8, 4) is 5.75 Å². The fourth-order valence-corrected chi connectivity index (χ4v) is 6.27. The van der Waals surface area contributed by atoms with Crippen LogP contribution in [0.15, 0.2) is 65.1 Å². The first-order valence-electron chi connectivity index (χ1n) is 13.8. The van der Waals surface area contributed by atoms with Crippen LogP contribution in [0.1, 0.15) is 56.8 Å². The van der Waals surface area contributed by atoms with Crippen LogP contribution in [0.4, 0.5) is 8.78 Å². The van der Waals surface area contributed by atoms with Gasteiger partial charge < -0.3 is 25.8 Å². The largest absolute Gasteiger partial charge is 0.491 e. The summed E-state index contributed by atoms with van der Waals surface area (Å²) in [5.74, 6) is -5.01. The Labute approximate surface area is 246 Å². The molecule has 5 rings (SSSR count). The number of aliphatic hydroxyl groups excluding tert-OH is 1. The van der Waals surface area contributed by atoms with Crippen LogP contribution in [-0.4, -0.2) is 52.1 Å². The summed E-state index contributed by atoms with van der Waals surface area (Å²) in [4.78, 5) is 28.6. The van der Waals surface area contributed by atoms with Crippen molar-refractivity contribution in [3.63, 3.8) is 0 Å². The Morgan fingerprint density at radius 3 is 2.27 bits per heavy atom. The first-order valence-corrected chi connectivity index (χ1v) is 14.6. The van der Waals surface area contributed by atoms with Crippen LogP contribution in [0.25, 0.3) is 10.8 Å². The minimum atomic E-state index is -3.75. The van der Waals surface area contributed by atoms with Gasteiger partial charge in [0.1, 0.15) is 5.75 Å². The summed E-state index contributed by atoms with van der Waals surface area (Å²) in [6, 6.07) is 12.8. The van der Waals surface area contributed by atoms with Gasteiger partial charge in [0.25, 0.3) is 11.8 Å². The molecule has 2 aliphatic heterocycles. The molecule has 4 atom stereocenters. The van der Waals surface area contributed by atoms with Crippen molar-refractivity contribution in [2.24, 2.45) is 5.73 Å². The van der Waals surface area contributed by atoms with Crippen LogP contribution in [0.3, 0.4) is 0 Å². The minimum Gasteiger partial charge on any atom is -0.491 e. The molecule has 2 heterocycles. The van der Waals surface area contributed by atoms with Gasteiger partial charge in [-0.15, -0.1) is 0 Å². The van der Waals surface area contributed by atoms with E-state index < -0.39 is 35.4 Å². The fraction of sp³-hybridized carbons (Fsp3) is 0.419. The molecule has 0 aromatic heterocycles. The molecule has 0 aliphatic carbocycles. The molecule has 0 saturated carbocycles. The fourth-order valence-electron chi connectivity index (χ4n) is 6.00. The zero-order chi connectivity index (χ0) is 29.5. The quantitative estimate of drug-likeness (QED) is 0.318. The van der Waals surface area contributed by atoms with Crippen molar-refractivity contribution in [2.75, 3.05) is 0 Å². The number of nitrogens with two attached hydrogens (primary N) is 1. The second-order valence-electron chi connectivity index (χ2n) is 11.3. The van der Waals surface area contributed by atoms with Crippen LogP contribution < -0.4 is 15.8 Å². The lowest BCUT2D eigenvalue weighted by molar-refractivity contribution is -0.155. The first kappa shape index (κ1) is 29.4. The summed E-state index contributed by atoms with van der Waals surface area (Å²) in [7, 11) is 0. The molecule has 3 aromatic carbocycles. The molecule has 4 N–H and O–H groups in total. The van der Waals surface area contributed by atoms with E-state index in [4.69, 9.17) is 10.5 Å². The number of piperidine rings is 1. The Hall–Kier alpha value is -3.08. The standard InChI is InChI=1S/C31H34BrF2N3O4/c1-17(2)41-26-12-5-18-13-20(4-3-19(18)14-26)27(38)29(39)36-28(31(33,34)21-6-8-22(32)9-7-21)30(40)37-24-10-11-25(37)16-23(35)15-24/h3-9,12-14,17,23-25,27-28,38H,10-11,15-16,35H2,1-2H3,(H,36,39)/t23?,24?,25?,27-,28+/m1/s1. The molecule has 41 heavy (non-hydrogen) atoms. The maximum absolute atomic E-state index is 16.1. The molecule has 2 fully saturated rings. The number of alkyl halides is 2. The van der Waals surface area contributed by atoms with Gasteiger partial charge in [-0.05, 0) is 86.2 Å². The lowest BCUT2D eigenvalue weighted by Crippen LogP contribution is -2.61. The first-order chi connectivity index (χ1) is 19.4. The van der Waals surface area contributed by atoms with Crippen molar-refractivity contribution >= 4 is 38.5 Å². The molecule has 2 amide bonds. The third kappa shape index (κ3) is 6.10. The van der Waals surface area contributed by atoms with Gasteiger partial charge in [0.05, 0.1) is 6.10 Å². The van der Waals surface area contributed by atoms with E-state index >= 15 is 8.78 Å². The molecule has 2 aliphatic rings. The molecule has 3 aromatic rings. The molecule has 2 saturated heterocycles. The second kappa shape index (κ2) is 11.7. The van der Waals surface area contributed by atoms with Crippen LogP contribution in [0.5, 0.6) is 5.75 Å². The predicted octanol–water partition coefficient (Wildman–Crippen LogP) is 5.18. The third-order valence-electron chi connectivity index (χ3n) is 7.92. The zero-order valence-electron chi connectivity index (χ0n) is 22.9. The van der Waals surface area contributed by atoms with E-state index in [9.17, 15) is 14.7 Å². The topological polar surface area (TPSA) is 105 Å².